The van der Waals surface area contributed by atoms with Gasteiger partial charge >= 0.3 is 0 Å². The zero-order chi connectivity index (χ0) is 15.2. The number of nitrogens with zero attached hydrogens (tertiary/aromatic N) is 1. The molecule has 1 N–H and O–H groups in total. The van der Waals surface area contributed by atoms with E-state index in [1.54, 1.807) is 7.11 Å². The molecule has 1 aliphatic rings. The molecule has 1 aliphatic heterocycles. The van der Waals surface area contributed by atoms with Crippen LogP contribution in [0.4, 0.5) is 5.69 Å². The van der Waals surface area contributed by atoms with E-state index < -0.39 is 0 Å². The maximum atomic E-state index is 5.10. The fraction of sp³-hybridized carbons (Fsp3) is 0.647. The number of benzene rings is 1. The van der Waals surface area contributed by atoms with Crippen LogP contribution in [0.5, 0.6) is 0 Å². The average molecular weight is 355 g/mol. The lowest BCUT2D eigenvalue weighted by atomic mass is 10.0. The molecule has 0 radical (unpaired) electrons. The van der Waals surface area contributed by atoms with Crippen LogP contribution in [-0.2, 0) is 11.3 Å². The van der Waals surface area contributed by atoms with Gasteiger partial charge in [-0.05, 0) is 36.5 Å². The molecule has 0 saturated carbocycles. The van der Waals surface area contributed by atoms with E-state index >= 15 is 0 Å². The number of nitrogens with one attached hydrogen (secondary N) is 1. The quantitative estimate of drug-likeness (QED) is 0.753. The van der Waals surface area contributed by atoms with Crippen molar-refractivity contribution in [2.75, 3.05) is 31.7 Å². The van der Waals surface area contributed by atoms with Crippen molar-refractivity contribution in [2.45, 2.75) is 39.3 Å². The minimum absolute atomic E-state index is 0.664. The normalized spacial score (nSPS) is 18.7. The van der Waals surface area contributed by atoms with Crippen molar-refractivity contribution in [3.63, 3.8) is 0 Å². The maximum Gasteiger partial charge on any atom is 0.0587 e. The van der Waals surface area contributed by atoms with Gasteiger partial charge in [-0.15, -0.1) is 0 Å². The van der Waals surface area contributed by atoms with Crippen LogP contribution in [0.15, 0.2) is 22.7 Å². The summed E-state index contributed by atoms with van der Waals surface area (Å²) >= 11 is 3.63. The molecule has 1 aromatic carbocycles. The molecule has 3 nitrogen and oxygen atoms in total. The molecule has 21 heavy (non-hydrogen) atoms. The molecule has 0 spiro atoms. The highest BCUT2D eigenvalue weighted by Gasteiger charge is 2.28. The molecule has 118 valence electrons. The Balaban J connectivity index is 2.14. The third-order valence-corrected chi connectivity index (χ3v) is 4.72. The number of hydrogen-bond donors (Lipinski definition) is 1. The first-order valence-corrected chi connectivity index (χ1v) is 8.67. The molecule has 0 bridgehead atoms. The van der Waals surface area contributed by atoms with Gasteiger partial charge in [0, 0.05) is 42.9 Å². The Bertz CT molecular complexity index is 450. The Labute approximate surface area is 137 Å². The van der Waals surface area contributed by atoms with Crippen molar-refractivity contribution < 1.29 is 4.74 Å². The van der Waals surface area contributed by atoms with Gasteiger partial charge in [-0.1, -0.05) is 35.8 Å². The largest absolute Gasteiger partial charge is 0.383 e. The highest BCUT2D eigenvalue weighted by Crippen LogP contribution is 2.33. The number of rotatable bonds is 7. The summed E-state index contributed by atoms with van der Waals surface area (Å²) in [6, 6.07) is 7.30. The summed E-state index contributed by atoms with van der Waals surface area (Å²) in [6.45, 7) is 8.37. The molecule has 0 aliphatic carbocycles. The third kappa shape index (κ3) is 4.44. The van der Waals surface area contributed by atoms with Gasteiger partial charge in [-0.25, -0.2) is 0 Å². The molecule has 1 unspecified atom stereocenters. The fourth-order valence-electron chi connectivity index (χ4n) is 3.14. The first-order chi connectivity index (χ1) is 10.1. The van der Waals surface area contributed by atoms with E-state index in [1.807, 2.05) is 0 Å². The first-order valence-electron chi connectivity index (χ1n) is 7.88. The van der Waals surface area contributed by atoms with E-state index in [9.17, 15) is 0 Å². The highest BCUT2D eigenvalue weighted by atomic mass is 79.9. The van der Waals surface area contributed by atoms with Crippen molar-refractivity contribution in [3.05, 3.63) is 28.2 Å². The van der Waals surface area contributed by atoms with Gasteiger partial charge in [0.2, 0.25) is 0 Å². The van der Waals surface area contributed by atoms with Crippen molar-refractivity contribution in [3.8, 4) is 0 Å². The molecular formula is C17H27BrN2O. The first kappa shape index (κ1) is 16.8. The topological polar surface area (TPSA) is 24.5 Å². The number of methoxy groups -OCH3 is 1. The van der Waals surface area contributed by atoms with Gasteiger partial charge in [-0.2, -0.15) is 0 Å². The summed E-state index contributed by atoms with van der Waals surface area (Å²) in [5.41, 5.74) is 2.76. The number of anilines is 1. The van der Waals surface area contributed by atoms with E-state index in [0.29, 0.717) is 12.0 Å². The Morgan fingerprint density at radius 1 is 1.43 bits per heavy atom. The van der Waals surface area contributed by atoms with Gasteiger partial charge in [0.25, 0.3) is 0 Å². The lowest BCUT2D eigenvalue weighted by Crippen LogP contribution is -2.34. The Hall–Kier alpha value is -0.580. The molecule has 1 aromatic rings. The Morgan fingerprint density at radius 3 is 2.95 bits per heavy atom. The lowest BCUT2D eigenvalue weighted by Gasteiger charge is -2.31. The zero-order valence-corrected chi connectivity index (χ0v) is 14.9. The Morgan fingerprint density at radius 2 is 2.24 bits per heavy atom. The predicted octanol–water partition coefficient (Wildman–Crippen LogP) is 3.81. The number of ether oxygens (including phenoxy) is 1. The highest BCUT2D eigenvalue weighted by molar-refractivity contribution is 9.10. The SMILES string of the molecule is COCCNCc1ccc(Br)cc1N1CCCC1C(C)C. The minimum Gasteiger partial charge on any atom is -0.383 e. The van der Waals surface area contributed by atoms with Gasteiger partial charge in [-0.3, -0.25) is 0 Å². The molecule has 0 amide bonds. The molecular weight excluding hydrogens is 328 g/mol. The van der Waals surface area contributed by atoms with Crippen molar-refractivity contribution in [2.24, 2.45) is 5.92 Å². The lowest BCUT2D eigenvalue weighted by molar-refractivity contribution is 0.199. The monoisotopic (exact) mass is 354 g/mol. The smallest absolute Gasteiger partial charge is 0.0587 e. The molecule has 1 heterocycles. The zero-order valence-electron chi connectivity index (χ0n) is 13.4. The molecule has 4 heteroatoms. The van der Waals surface area contributed by atoms with Gasteiger partial charge in [0.1, 0.15) is 0 Å². The van der Waals surface area contributed by atoms with Gasteiger partial charge in [0.05, 0.1) is 6.61 Å². The van der Waals surface area contributed by atoms with E-state index in [4.69, 9.17) is 4.74 Å². The predicted molar refractivity (Wildman–Crippen MR) is 92.9 cm³/mol. The van der Waals surface area contributed by atoms with E-state index in [0.717, 1.165) is 24.2 Å². The maximum absolute atomic E-state index is 5.10. The fourth-order valence-corrected chi connectivity index (χ4v) is 3.48. The summed E-state index contributed by atoms with van der Waals surface area (Å²) in [4.78, 5) is 2.60. The van der Waals surface area contributed by atoms with Crippen LogP contribution >= 0.6 is 15.9 Å². The third-order valence-electron chi connectivity index (χ3n) is 4.22. The second-order valence-electron chi connectivity index (χ2n) is 6.09. The number of hydrogen-bond acceptors (Lipinski definition) is 3. The molecule has 1 fully saturated rings. The molecule has 0 aromatic heterocycles. The number of halogens is 1. The average Bonchev–Trinajstić information content (AvgIpc) is 2.94. The summed E-state index contributed by atoms with van der Waals surface area (Å²) in [5.74, 6) is 0.695. The van der Waals surface area contributed by atoms with E-state index in [2.05, 4.69) is 58.2 Å². The second-order valence-corrected chi connectivity index (χ2v) is 7.01. The summed E-state index contributed by atoms with van der Waals surface area (Å²) in [7, 11) is 1.74. The van der Waals surface area contributed by atoms with Gasteiger partial charge in [0.15, 0.2) is 0 Å². The van der Waals surface area contributed by atoms with Crippen LogP contribution in [0, 0.1) is 5.92 Å². The van der Waals surface area contributed by atoms with Crippen LogP contribution in [0.1, 0.15) is 32.3 Å². The minimum atomic E-state index is 0.664. The van der Waals surface area contributed by atoms with Gasteiger partial charge < -0.3 is 15.0 Å². The van der Waals surface area contributed by atoms with Crippen molar-refractivity contribution in [1.29, 1.82) is 0 Å². The van der Waals surface area contributed by atoms with Crippen LogP contribution in [0.25, 0.3) is 0 Å². The van der Waals surface area contributed by atoms with Crippen LogP contribution in [0.3, 0.4) is 0 Å². The van der Waals surface area contributed by atoms with E-state index in [1.165, 1.54) is 30.6 Å². The molecule has 2 rings (SSSR count). The summed E-state index contributed by atoms with van der Waals surface area (Å²) < 4.78 is 6.26. The summed E-state index contributed by atoms with van der Waals surface area (Å²) in [5, 5.41) is 3.46. The second kappa shape index (κ2) is 8.16. The van der Waals surface area contributed by atoms with Crippen molar-refractivity contribution in [1.82, 2.24) is 5.32 Å². The van der Waals surface area contributed by atoms with Crippen LogP contribution in [0.2, 0.25) is 0 Å². The van der Waals surface area contributed by atoms with Crippen LogP contribution < -0.4 is 10.2 Å². The van der Waals surface area contributed by atoms with Crippen LogP contribution in [-0.4, -0.2) is 32.8 Å². The molecule has 1 atom stereocenters. The van der Waals surface area contributed by atoms with Crippen molar-refractivity contribution >= 4 is 21.6 Å². The Kier molecular flexibility index (Phi) is 6.52. The summed E-state index contributed by atoms with van der Waals surface area (Å²) in [6.07, 6.45) is 2.60. The van der Waals surface area contributed by atoms with E-state index in [-0.39, 0.29) is 0 Å². The standard InChI is InChI=1S/C17H27BrN2O/c1-13(2)16-5-4-9-20(16)17-11-15(18)7-6-14(17)12-19-8-10-21-3/h6-7,11,13,16,19H,4-5,8-10,12H2,1-3H3. The molecule has 1 saturated heterocycles.